The standard InChI is InChI=1S/C48H54Br2F6O8/c1-7-59-43(45(57)63-29(3)4)27-33-15-19-41(39(49)25-33)61-21-9-11-31-13-17-35(37(23-31)47(51,52)53)36-18-14-32(24-38(36)48(54,55)56)12-10-22-62-42-20-16-34(26-40(42)50)28-44(60-8-2)46(58)64-30(5)6/h13-20,23-26,29-30,43-44H,7-12,21-22,27-28H2,1-6H3/t43-,44-/m0/s1. The van der Waals surface area contributed by atoms with Crippen molar-refractivity contribution in [2.24, 2.45) is 0 Å². The first-order chi connectivity index (χ1) is 30.2. The predicted octanol–water partition coefficient (Wildman–Crippen LogP) is 12.7. The predicted molar refractivity (Wildman–Crippen MR) is 238 cm³/mol. The third-order valence-electron chi connectivity index (χ3n) is 9.60. The summed E-state index contributed by atoms with van der Waals surface area (Å²) < 4.78 is 122. The maximum Gasteiger partial charge on any atom is 0.417 e. The molecular weight excluding hydrogens is 978 g/mol. The minimum atomic E-state index is -4.93. The minimum Gasteiger partial charge on any atom is -0.492 e. The van der Waals surface area contributed by atoms with Gasteiger partial charge in [0, 0.05) is 26.1 Å². The van der Waals surface area contributed by atoms with Crippen molar-refractivity contribution in [2.75, 3.05) is 26.4 Å². The summed E-state index contributed by atoms with van der Waals surface area (Å²) in [5.41, 5.74) is -1.32. The zero-order chi connectivity index (χ0) is 47.2. The smallest absolute Gasteiger partial charge is 0.417 e. The molecule has 0 N–H and O–H groups in total. The monoisotopic (exact) mass is 1030 g/mol. The summed E-state index contributed by atoms with van der Waals surface area (Å²) in [6, 6.07) is 17.3. The Balaban J connectivity index is 1.38. The molecule has 0 saturated carbocycles. The van der Waals surface area contributed by atoms with Crippen LogP contribution in [0.2, 0.25) is 0 Å². The fourth-order valence-corrected chi connectivity index (χ4v) is 7.88. The third kappa shape index (κ3) is 16.1. The number of benzene rings is 4. The number of hydrogen-bond acceptors (Lipinski definition) is 8. The first-order valence-corrected chi connectivity index (χ1v) is 22.7. The lowest BCUT2D eigenvalue weighted by molar-refractivity contribution is -0.161. The Hall–Kier alpha value is -4.12. The Kier molecular flexibility index (Phi) is 20.0. The molecule has 0 saturated heterocycles. The van der Waals surface area contributed by atoms with Gasteiger partial charge < -0.3 is 28.4 Å². The summed E-state index contributed by atoms with van der Waals surface area (Å²) in [4.78, 5) is 24.9. The molecule has 0 aliphatic rings. The van der Waals surface area contributed by atoms with E-state index in [1.54, 1.807) is 77.9 Å². The first kappa shape index (κ1) is 52.5. The van der Waals surface area contributed by atoms with Gasteiger partial charge in [-0.25, -0.2) is 9.59 Å². The molecule has 16 heteroatoms. The largest absolute Gasteiger partial charge is 0.492 e. The van der Waals surface area contributed by atoms with Gasteiger partial charge in [0.2, 0.25) is 0 Å². The van der Waals surface area contributed by atoms with Crippen molar-refractivity contribution in [2.45, 2.75) is 117 Å². The van der Waals surface area contributed by atoms with Crippen LogP contribution in [-0.4, -0.2) is 62.8 Å². The number of alkyl halides is 6. The second kappa shape index (κ2) is 24.4. The van der Waals surface area contributed by atoms with E-state index in [0.29, 0.717) is 46.5 Å². The van der Waals surface area contributed by atoms with Gasteiger partial charge in [-0.15, -0.1) is 0 Å². The molecule has 0 aliphatic carbocycles. The zero-order valence-electron chi connectivity index (χ0n) is 36.6. The SMILES string of the molecule is CCO[C@@H](Cc1ccc(OCCCc2ccc(-c3ccc(CCCOc4ccc(C[C@H](OCC)C(=O)OC(C)C)cc4Br)cc3C(F)(F)F)c(C(F)(F)F)c2)c(Br)c1)C(=O)OC(C)C. The molecule has 0 amide bonds. The van der Waals surface area contributed by atoms with Crippen LogP contribution in [0.3, 0.4) is 0 Å². The molecule has 0 aliphatic heterocycles. The summed E-state index contributed by atoms with van der Waals surface area (Å²) in [5, 5.41) is 0. The van der Waals surface area contributed by atoms with Crippen LogP contribution in [0.15, 0.2) is 81.7 Å². The molecule has 350 valence electrons. The van der Waals surface area contributed by atoms with Gasteiger partial charge in [-0.05, 0) is 169 Å². The molecule has 64 heavy (non-hydrogen) atoms. The summed E-state index contributed by atoms with van der Waals surface area (Å²) in [5.74, 6) is 0.0420. The highest BCUT2D eigenvalue weighted by Crippen LogP contribution is 2.43. The van der Waals surface area contributed by atoms with Gasteiger partial charge in [0.15, 0.2) is 12.2 Å². The van der Waals surface area contributed by atoms with Crippen LogP contribution < -0.4 is 9.47 Å². The minimum absolute atomic E-state index is 0.144. The van der Waals surface area contributed by atoms with Crippen LogP contribution in [0.4, 0.5) is 26.3 Å². The second-order valence-corrected chi connectivity index (χ2v) is 17.2. The highest BCUT2D eigenvalue weighted by molar-refractivity contribution is 9.11. The van der Waals surface area contributed by atoms with E-state index in [4.69, 9.17) is 28.4 Å². The molecule has 4 rings (SSSR count). The Morgan fingerprint density at radius 1 is 0.547 bits per heavy atom. The molecular formula is C48H54Br2F6O8. The molecule has 0 aromatic heterocycles. The lowest BCUT2D eigenvalue weighted by Crippen LogP contribution is -2.30. The Bertz CT molecular complexity index is 2010. The fraction of sp³-hybridized carbons (Fsp3) is 0.458. The molecule has 0 fully saturated rings. The molecule has 0 bridgehead atoms. The topological polar surface area (TPSA) is 89.5 Å². The average molecular weight is 1030 g/mol. The van der Waals surface area contributed by atoms with Crippen molar-refractivity contribution in [3.63, 3.8) is 0 Å². The van der Waals surface area contributed by atoms with Gasteiger partial charge in [0.05, 0.1) is 45.5 Å². The Labute approximate surface area is 387 Å². The van der Waals surface area contributed by atoms with Crippen LogP contribution in [0.1, 0.15) is 87.8 Å². The zero-order valence-corrected chi connectivity index (χ0v) is 39.8. The van der Waals surface area contributed by atoms with Crippen molar-refractivity contribution in [1.82, 2.24) is 0 Å². The summed E-state index contributed by atoms with van der Waals surface area (Å²) in [6.07, 6.45) is -10.5. The van der Waals surface area contributed by atoms with E-state index in [-0.39, 0.29) is 62.2 Å². The Morgan fingerprint density at radius 2 is 0.906 bits per heavy atom. The number of carbonyl (C=O) groups is 2. The summed E-state index contributed by atoms with van der Waals surface area (Å²) >= 11 is 6.95. The second-order valence-electron chi connectivity index (χ2n) is 15.5. The van der Waals surface area contributed by atoms with Gasteiger partial charge in [0.1, 0.15) is 11.5 Å². The first-order valence-electron chi connectivity index (χ1n) is 21.1. The van der Waals surface area contributed by atoms with Crippen molar-refractivity contribution in [1.29, 1.82) is 0 Å². The van der Waals surface area contributed by atoms with Gasteiger partial charge in [-0.1, -0.05) is 36.4 Å². The Morgan fingerprint density at radius 3 is 1.22 bits per heavy atom. The summed E-state index contributed by atoms with van der Waals surface area (Å²) in [6.45, 7) is 11.5. The van der Waals surface area contributed by atoms with E-state index >= 15 is 0 Å². The fourth-order valence-electron chi connectivity index (χ4n) is 6.79. The molecule has 0 spiro atoms. The highest BCUT2D eigenvalue weighted by Gasteiger charge is 2.39. The molecule has 0 unspecified atom stereocenters. The number of ether oxygens (including phenoxy) is 6. The van der Waals surface area contributed by atoms with E-state index in [0.717, 1.165) is 35.4 Å². The number of rotatable bonds is 23. The summed E-state index contributed by atoms with van der Waals surface area (Å²) in [7, 11) is 0. The third-order valence-corrected chi connectivity index (χ3v) is 10.8. The van der Waals surface area contributed by atoms with E-state index in [2.05, 4.69) is 31.9 Å². The van der Waals surface area contributed by atoms with E-state index in [1.807, 2.05) is 0 Å². The van der Waals surface area contributed by atoms with E-state index < -0.39 is 58.8 Å². The number of carbonyl (C=O) groups excluding carboxylic acids is 2. The number of esters is 2. The van der Waals surface area contributed by atoms with Crippen molar-refractivity contribution >= 4 is 43.8 Å². The highest BCUT2D eigenvalue weighted by atomic mass is 79.9. The maximum absolute atomic E-state index is 14.5. The number of aryl methyl sites for hydroxylation is 2. The maximum atomic E-state index is 14.5. The van der Waals surface area contributed by atoms with Gasteiger partial charge >= 0.3 is 24.3 Å². The van der Waals surface area contributed by atoms with Crippen LogP contribution in [0.25, 0.3) is 11.1 Å². The van der Waals surface area contributed by atoms with Crippen molar-refractivity contribution in [3.8, 4) is 22.6 Å². The normalized spacial score (nSPS) is 12.9. The van der Waals surface area contributed by atoms with Gasteiger partial charge in [0.25, 0.3) is 0 Å². The van der Waals surface area contributed by atoms with E-state index in [9.17, 15) is 35.9 Å². The number of halogens is 8. The van der Waals surface area contributed by atoms with E-state index in [1.165, 1.54) is 12.1 Å². The molecule has 4 aromatic rings. The van der Waals surface area contributed by atoms with Crippen molar-refractivity contribution < 1.29 is 64.4 Å². The molecule has 0 heterocycles. The molecule has 0 radical (unpaired) electrons. The molecule has 2 atom stereocenters. The lowest BCUT2D eigenvalue weighted by atomic mass is 9.91. The van der Waals surface area contributed by atoms with Crippen LogP contribution in [0.5, 0.6) is 11.5 Å². The van der Waals surface area contributed by atoms with Gasteiger partial charge in [-0.3, -0.25) is 0 Å². The van der Waals surface area contributed by atoms with Crippen LogP contribution in [-0.2, 0) is 66.6 Å². The van der Waals surface area contributed by atoms with Crippen LogP contribution >= 0.6 is 31.9 Å². The molecule has 8 nitrogen and oxygen atoms in total. The van der Waals surface area contributed by atoms with Crippen molar-refractivity contribution in [3.05, 3.63) is 115 Å². The van der Waals surface area contributed by atoms with Crippen LogP contribution in [0, 0.1) is 0 Å². The van der Waals surface area contributed by atoms with Gasteiger partial charge in [-0.2, -0.15) is 26.3 Å². The molecule has 4 aromatic carbocycles. The lowest BCUT2D eigenvalue weighted by Gasteiger charge is -2.20. The average Bonchev–Trinajstić information content (AvgIpc) is 3.21. The quantitative estimate of drug-likeness (QED) is 0.0412. The number of hydrogen-bond donors (Lipinski definition) is 0.